The third-order valence-electron chi connectivity index (χ3n) is 5.20. The molecule has 1 amide bonds. The van der Waals surface area contributed by atoms with Crippen LogP contribution >= 0.6 is 0 Å². The molecule has 2 aliphatic heterocycles. The van der Waals surface area contributed by atoms with E-state index in [1.165, 1.54) is 21.3 Å². The SMILES string of the molecule is O=C(c1cc(S(=O)(=O)N2CCOCC2)ccc1F)N1CCc2ccc([N+](=O)[O-])cc21. The summed E-state index contributed by atoms with van der Waals surface area (Å²) in [6.45, 7) is 1.08. The molecule has 0 unspecified atom stereocenters. The number of anilines is 1. The van der Waals surface area contributed by atoms with E-state index in [4.69, 9.17) is 4.74 Å². The van der Waals surface area contributed by atoms with Gasteiger partial charge >= 0.3 is 0 Å². The molecule has 11 heteroatoms. The molecule has 0 aromatic heterocycles. The minimum atomic E-state index is -3.91. The fraction of sp³-hybridized carbons (Fsp3) is 0.316. The number of hydrogen-bond acceptors (Lipinski definition) is 6. The first kappa shape index (κ1) is 20.4. The average Bonchev–Trinajstić information content (AvgIpc) is 3.17. The Morgan fingerprint density at radius 3 is 2.53 bits per heavy atom. The Kier molecular flexibility index (Phi) is 5.26. The van der Waals surface area contributed by atoms with E-state index in [1.807, 2.05) is 0 Å². The Balaban J connectivity index is 1.69. The van der Waals surface area contributed by atoms with Gasteiger partial charge in [-0.3, -0.25) is 14.9 Å². The number of halogens is 1. The molecule has 2 heterocycles. The van der Waals surface area contributed by atoms with Crippen molar-refractivity contribution >= 4 is 27.3 Å². The molecular weight excluding hydrogens is 417 g/mol. The Morgan fingerprint density at radius 2 is 1.83 bits per heavy atom. The van der Waals surface area contributed by atoms with Gasteiger partial charge in [-0.2, -0.15) is 4.31 Å². The van der Waals surface area contributed by atoms with Crippen molar-refractivity contribution in [3.8, 4) is 0 Å². The smallest absolute Gasteiger partial charge is 0.271 e. The standard InChI is InChI=1S/C19H18FN3O6S/c20-17-4-3-15(30(27,28)21-7-9-29-10-8-21)12-16(17)19(24)22-6-5-13-1-2-14(23(25)26)11-18(13)22/h1-4,11-12H,5-10H2. The highest BCUT2D eigenvalue weighted by atomic mass is 32.2. The maximum absolute atomic E-state index is 14.5. The van der Waals surface area contributed by atoms with Crippen LogP contribution in [0.5, 0.6) is 0 Å². The number of benzene rings is 2. The molecule has 158 valence electrons. The summed E-state index contributed by atoms with van der Waals surface area (Å²) in [6.07, 6.45) is 0.465. The van der Waals surface area contributed by atoms with Gasteiger partial charge in [-0.1, -0.05) is 6.07 Å². The van der Waals surface area contributed by atoms with E-state index in [-0.39, 0.29) is 43.4 Å². The lowest BCUT2D eigenvalue weighted by molar-refractivity contribution is -0.384. The first-order valence-electron chi connectivity index (χ1n) is 9.25. The van der Waals surface area contributed by atoms with Crippen LogP contribution in [0.4, 0.5) is 15.8 Å². The summed E-state index contributed by atoms with van der Waals surface area (Å²) in [5.41, 5.74) is 0.475. The normalized spacial score (nSPS) is 17.0. The molecule has 2 aliphatic rings. The molecule has 2 aromatic rings. The van der Waals surface area contributed by atoms with Crippen LogP contribution in [0.2, 0.25) is 0 Å². The molecule has 0 bridgehead atoms. The monoisotopic (exact) mass is 435 g/mol. The maximum Gasteiger partial charge on any atom is 0.271 e. The second kappa shape index (κ2) is 7.74. The van der Waals surface area contributed by atoms with Gasteiger partial charge in [0.1, 0.15) is 5.82 Å². The van der Waals surface area contributed by atoms with E-state index in [0.29, 0.717) is 12.1 Å². The zero-order chi connectivity index (χ0) is 21.5. The van der Waals surface area contributed by atoms with E-state index in [1.54, 1.807) is 6.07 Å². The molecule has 1 fully saturated rings. The summed E-state index contributed by atoms with van der Waals surface area (Å²) in [7, 11) is -3.91. The third-order valence-corrected chi connectivity index (χ3v) is 7.09. The molecule has 0 atom stereocenters. The van der Waals surface area contributed by atoms with E-state index >= 15 is 0 Å². The van der Waals surface area contributed by atoms with Crippen molar-refractivity contribution in [3.63, 3.8) is 0 Å². The minimum Gasteiger partial charge on any atom is -0.379 e. The predicted molar refractivity (Wildman–Crippen MR) is 104 cm³/mol. The number of non-ortho nitro benzene ring substituents is 1. The zero-order valence-corrected chi connectivity index (χ0v) is 16.6. The first-order valence-corrected chi connectivity index (χ1v) is 10.7. The van der Waals surface area contributed by atoms with Crippen LogP contribution in [0.15, 0.2) is 41.3 Å². The average molecular weight is 435 g/mol. The van der Waals surface area contributed by atoms with Gasteiger partial charge in [0, 0.05) is 31.8 Å². The molecule has 0 spiro atoms. The van der Waals surface area contributed by atoms with Gasteiger partial charge in [0.25, 0.3) is 11.6 Å². The maximum atomic E-state index is 14.5. The number of nitro benzene ring substituents is 1. The van der Waals surface area contributed by atoms with Gasteiger partial charge in [-0.15, -0.1) is 0 Å². The number of amides is 1. The van der Waals surface area contributed by atoms with Crippen molar-refractivity contribution in [2.24, 2.45) is 0 Å². The van der Waals surface area contributed by atoms with Crippen LogP contribution in [-0.2, 0) is 21.2 Å². The summed E-state index contributed by atoms with van der Waals surface area (Å²) >= 11 is 0. The van der Waals surface area contributed by atoms with Crippen LogP contribution in [-0.4, -0.2) is 56.4 Å². The number of carbonyl (C=O) groups is 1. The number of carbonyl (C=O) groups excluding carboxylic acids is 1. The molecule has 1 saturated heterocycles. The molecule has 0 radical (unpaired) electrons. The number of rotatable bonds is 4. The number of morpholine rings is 1. The summed E-state index contributed by atoms with van der Waals surface area (Å²) in [4.78, 5) is 24.6. The van der Waals surface area contributed by atoms with E-state index in [2.05, 4.69) is 0 Å². The van der Waals surface area contributed by atoms with Gasteiger partial charge < -0.3 is 9.64 Å². The summed E-state index contributed by atoms with van der Waals surface area (Å²) in [5.74, 6) is -1.61. The number of hydrogen-bond donors (Lipinski definition) is 0. The quantitative estimate of drug-likeness (QED) is 0.536. The van der Waals surface area contributed by atoms with E-state index in [0.717, 1.165) is 23.8 Å². The highest BCUT2D eigenvalue weighted by Gasteiger charge is 2.32. The summed E-state index contributed by atoms with van der Waals surface area (Å²) in [5, 5.41) is 11.1. The Morgan fingerprint density at radius 1 is 1.10 bits per heavy atom. The predicted octanol–water partition coefficient (Wildman–Crippen LogP) is 1.96. The fourth-order valence-electron chi connectivity index (χ4n) is 3.60. The van der Waals surface area contributed by atoms with Crippen molar-refractivity contribution in [2.75, 3.05) is 37.7 Å². The lowest BCUT2D eigenvalue weighted by Crippen LogP contribution is -2.40. The minimum absolute atomic E-state index is 0.173. The van der Waals surface area contributed by atoms with Crippen molar-refractivity contribution in [1.82, 2.24) is 4.31 Å². The first-order chi connectivity index (χ1) is 14.3. The highest BCUT2D eigenvalue weighted by Crippen LogP contribution is 2.33. The number of nitrogens with zero attached hydrogens (tertiary/aromatic N) is 3. The molecule has 9 nitrogen and oxygen atoms in total. The van der Waals surface area contributed by atoms with Crippen molar-refractivity contribution < 1.29 is 27.3 Å². The molecule has 4 rings (SSSR count). The zero-order valence-electron chi connectivity index (χ0n) is 15.8. The van der Waals surface area contributed by atoms with Crippen molar-refractivity contribution in [3.05, 3.63) is 63.5 Å². The van der Waals surface area contributed by atoms with E-state index < -0.39 is 32.2 Å². The van der Waals surface area contributed by atoms with Crippen molar-refractivity contribution in [1.29, 1.82) is 0 Å². The van der Waals surface area contributed by atoms with Crippen molar-refractivity contribution in [2.45, 2.75) is 11.3 Å². The van der Waals surface area contributed by atoms with Crippen LogP contribution in [0.3, 0.4) is 0 Å². The topological polar surface area (TPSA) is 110 Å². The summed E-state index contributed by atoms with van der Waals surface area (Å²) in [6, 6.07) is 7.29. The van der Waals surface area contributed by atoms with Gasteiger partial charge in [0.15, 0.2) is 0 Å². The van der Waals surface area contributed by atoms with Crippen LogP contribution in [0.1, 0.15) is 15.9 Å². The van der Waals surface area contributed by atoms with Crippen LogP contribution < -0.4 is 4.90 Å². The number of sulfonamides is 1. The second-order valence-corrected chi connectivity index (χ2v) is 8.87. The molecule has 0 saturated carbocycles. The lowest BCUT2D eigenvalue weighted by atomic mass is 10.1. The molecule has 0 aliphatic carbocycles. The van der Waals surface area contributed by atoms with Gasteiger partial charge in [0.05, 0.1) is 34.3 Å². The van der Waals surface area contributed by atoms with Gasteiger partial charge in [-0.05, 0) is 30.2 Å². The fourth-order valence-corrected chi connectivity index (χ4v) is 5.04. The largest absolute Gasteiger partial charge is 0.379 e. The second-order valence-electron chi connectivity index (χ2n) is 6.94. The lowest BCUT2D eigenvalue weighted by Gasteiger charge is -2.26. The highest BCUT2D eigenvalue weighted by molar-refractivity contribution is 7.89. The number of nitro groups is 1. The molecule has 30 heavy (non-hydrogen) atoms. The molecule has 2 aromatic carbocycles. The Labute approximate surface area is 171 Å². The third kappa shape index (κ3) is 3.55. The summed E-state index contributed by atoms with van der Waals surface area (Å²) < 4.78 is 46.6. The van der Waals surface area contributed by atoms with Crippen LogP contribution in [0, 0.1) is 15.9 Å². The Hall–Kier alpha value is -2.89. The van der Waals surface area contributed by atoms with Crippen LogP contribution in [0.25, 0.3) is 0 Å². The number of fused-ring (bicyclic) bond motifs is 1. The molecular formula is C19H18FN3O6S. The molecule has 0 N–H and O–H groups in total. The Bertz CT molecular complexity index is 1130. The number of ether oxygens (including phenoxy) is 1. The van der Waals surface area contributed by atoms with Gasteiger partial charge in [0.2, 0.25) is 10.0 Å². The van der Waals surface area contributed by atoms with Gasteiger partial charge in [-0.25, -0.2) is 12.8 Å². The van der Waals surface area contributed by atoms with E-state index in [9.17, 15) is 27.7 Å².